The lowest BCUT2D eigenvalue weighted by Crippen LogP contribution is -2.30. The molecule has 4 heteroatoms. The molecular formula is C12H14ClN3. The summed E-state index contributed by atoms with van der Waals surface area (Å²) in [7, 11) is 2.11. The summed E-state index contributed by atoms with van der Waals surface area (Å²) >= 11 is 5.94. The lowest BCUT2D eigenvalue weighted by Gasteiger charge is -2.32. The van der Waals surface area contributed by atoms with E-state index in [1.165, 1.54) is 12.8 Å². The number of nitriles is 1. The van der Waals surface area contributed by atoms with E-state index in [0.717, 1.165) is 18.7 Å². The van der Waals surface area contributed by atoms with E-state index in [1.54, 1.807) is 6.07 Å². The van der Waals surface area contributed by atoms with E-state index in [0.29, 0.717) is 16.8 Å². The van der Waals surface area contributed by atoms with Gasteiger partial charge in [0.05, 0.1) is 17.3 Å². The second kappa shape index (κ2) is 4.82. The molecule has 0 bridgehead atoms. The van der Waals surface area contributed by atoms with Crippen LogP contribution in [0.2, 0.25) is 5.15 Å². The summed E-state index contributed by atoms with van der Waals surface area (Å²) in [5, 5.41) is 9.11. The predicted molar refractivity (Wildman–Crippen MR) is 63.2 cm³/mol. The largest absolute Gasteiger partial charge is 0.298 e. The van der Waals surface area contributed by atoms with Crippen LogP contribution in [0.15, 0.2) is 12.1 Å². The second-order valence-electron chi connectivity index (χ2n) is 4.18. The molecule has 1 aliphatic heterocycles. The van der Waals surface area contributed by atoms with Crippen LogP contribution in [0, 0.1) is 11.3 Å². The molecule has 0 amide bonds. The Labute approximate surface area is 101 Å². The topological polar surface area (TPSA) is 39.9 Å². The predicted octanol–water partition coefficient (Wildman–Crippen LogP) is 2.76. The lowest BCUT2D eigenvalue weighted by molar-refractivity contribution is 0.183. The van der Waals surface area contributed by atoms with Gasteiger partial charge < -0.3 is 0 Å². The number of pyridine rings is 1. The van der Waals surface area contributed by atoms with Gasteiger partial charge in [0.2, 0.25) is 0 Å². The Morgan fingerprint density at radius 1 is 1.50 bits per heavy atom. The summed E-state index contributed by atoms with van der Waals surface area (Å²) in [5.41, 5.74) is 1.43. The molecule has 84 valence electrons. The quantitative estimate of drug-likeness (QED) is 0.703. The van der Waals surface area contributed by atoms with Crippen LogP contribution in [-0.4, -0.2) is 23.5 Å². The molecule has 0 aliphatic carbocycles. The minimum Gasteiger partial charge on any atom is -0.298 e. The van der Waals surface area contributed by atoms with Gasteiger partial charge in [-0.1, -0.05) is 18.0 Å². The summed E-state index contributed by atoms with van der Waals surface area (Å²) < 4.78 is 0. The van der Waals surface area contributed by atoms with Crippen LogP contribution in [0.5, 0.6) is 0 Å². The van der Waals surface area contributed by atoms with Gasteiger partial charge >= 0.3 is 0 Å². The third kappa shape index (κ3) is 2.18. The number of hydrogen-bond acceptors (Lipinski definition) is 3. The summed E-state index contributed by atoms with van der Waals surface area (Å²) in [5.74, 6) is 0. The Morgan fingerprint density at radius 2 is 2.31 bits per heavy atom. The van der Waals surface area contributed by atoms with Gasteiger partial charge in [0.25, 0.3) is 0 Å². The van der Waals surface area contributed by atoms with E-state index >= 15 is 0 Å². The zero-order chi connectivity index (χ0) is 11.5. The maximum absolute atomic E-state index is 8.79. The van der Waals surface area contributed by atoms with Gasteiger partial charge in [-0.3, -0.25) is 4.90 Å². The number of hydrogen-bond donors (Lipinski definition) is 0. The molecule has 1 aliphatic rings. The van der Waals surface area contributed by atoms with Gasteiger partial charge in [-0.05, 0) is 38.6 Å². The third-order valence-electron chi connectivity index (χ3n) is 3.10. The number of aromatic nitrogens is 1. The molecule has 0 aromatic carbocycles. The monoisotopic (exact) mass is 235 g/mol. The van der Waals surface area contributed by atoms with Crippen molar-refractivity contribution in [2.24, 2.45) is 0 Å². The van der Waals surface area contributed by atoms with Crippen LogP contribution in [0.4, 0.5) is 0 Å². The Bertz CT molecular complexity index is 425. The standard InChI is InChI=1S/C12H14ClN3/c1-16-7-3-2-4-11(16)10-6-5-9(8-14)12(13)15-10/h5-6,11H,2-4,7H2,1H3. The molecule has 2 heterocycles. The van der Waals surface area contributed by atoms with Crippen molar-refractivity contribution in [1.29, 1.82) is 5.26 Å². The molecule has 2 rings (SSSR count). The van der Waals surface area contributed by atoms with Crippen molar-refractivity contribution in [3.63, 3.8) is 0 Å². The lowest BCUT2D eigenvalue weighted by atomic mass is 9.99. The highest BCUT2D eigenvalue weighted by molar-refractivity contribution is 6.30. The number of nitrogens with zero attached hydrogens (tertiary/aromatic N) is 3. The van der Waals surface area contributed by atoms with Crippen LogP contribution in [-0.2, 0) is 0 Å². The zero-order valence-corrected chi connectivity index (χ0v) is 10.0. The molecular weight excluding hydrogens is 222 g/mol. The molecule has 1 saturated heterocycles. The smallest absolute Gasteiger partial charge is 0.147 e. The van der Waals surface area contributed by atoms with Crippen LogP contribution in [0.1, 0.15) is 36.6 Å². The van der Waals surface area contributed by atoms with Gasteiger partial charge in [0, 0.05) is 0 Å². The number of piperidine rings is 1. The average molecular weight is 236 g/mol. The van der Waals surface area contributed by atoms with Crippen molar-refractivity contribution in [3.05, 3.63) is 28.5 Å². The third-order valence-corrected chi connectivity index (χ3v) is 3.39. The molecule has 0 N–H and O–H groups in total. The fourth-order valence-electron chi connectivity index (χ4n) is 2.17. The van der Waals surface area contributed by atoms with Crippen LogP contribution >= 0.6 is 11.6 Å². The minimum atomic E-state index is 0.318. The molecule has 3 nitrogen and oxygen atoms in total. The Morgan fingerprint density at radius 3 is 2.94 bits per heavy atom. The molecule has 16 heavy (non-hydrogen) atoms. The van der Waals surface area contributed by atoms with E-state index in [9.17, 15) is 0 Å². The van der Waals surface area contributed by atoms with Crippen LogP contribution in [0.3, 0.4) is 0 Å². The normalized spacial score (nSPS) is 21.7. The summed E-state index contributed by atoms with van der Waals surface area (Å²) in [4.78, 5) is 6.62. The van der Waals surface area contributed by atoms with Crippen LogP contribution in [0.25, 0.3) is 0 Å². The first-order chi connectivity index (χ1) is 7.72. The fraction of sp³-hybridized carbons (Fsp3) is 0.500. The Balaban J connectivity index is 2.27. The average Bonchev–Trinajstić information content (AvgIpc) is 2.29. The van der Waals surface area contributed by atoms with Gasteiger partial charge in [-0.25, -0.2) is 4.98 Å². The number of halogens is 1. The van der Waals surface area contributed by atoms with Crippen LogP contribution < -0.4 is 0 Å². The van der Waals surface area contributed by atoms with E-state index in [4.69, 9.17) is 16.9 Å². The first-order valence-electron chi connectivity index (χ1n) is 5.49. The van der Waals surface area contributed by atoms with Gasteiger partial charge in [0.1, 0.15) is 11.2 Å². The van der Waals surface area contributed by atoms with Crippen molar-refractivity contribution in [1.82, 2.24) is 9.88 Å². The molecule has 0 saturated carbocycles. The van der Waals surface area contributed by atoms with E-state index in [1.807, 2.05) is 12.1 Å². The molecule has 0 spiro atoms. The van der Waals surface area contributed by atoms with Gasteiger partial charge in [-0.15, -0.1) is 0 Å². The summed E-state index contributed by atoms with van der Waals surface area (Å²) in [6.45, 7) is 1.10. The zero-order valence-electron chi connectivity index (χ0n) is 9.28. The molecule has 1 unspecified atom stereocenters. The number of likely N-dealkylation sites (tertiary alicyclic amines) is 1. The highest BCUT2D eigenvalue weighted by Gasteiger charge is 2.22. The van der Waals surface area contributed by atoms with E-state index in [-0.39, 0.29) is 0 Å². The molecule has 1 fully saturated rings. The molecule has 1 atom stereocenters. The summed E-state index contributed by atoms with van der Waals surface area (Å²) in [6, 6.07) is 6.05. The number of rotatable bonds is 1. The van der Waals surface area contributed by atoms with Gasteiger partial charge in [0.15, 0.2) is 0 Å². The maximum atomic E-state index is 8.79. The van der Waals surface area contributed by atoms with Crippen molar-refractivity contribution in [3.8, 4) is 6.07 Å². The van der Waals surface area contributed by atoms with Gasteiger partial charge in [-0.2, -0.15) is 5.26 Å². The van der Waals surface area contributed by atoms with Crippen molar-refractivity contribution in [2.75, 3.05) is 13.6 Å². The maximum Gasteiger partial charge on any atom is 0.147 e. The van der Waals surface area contributed by atoms with Crippen molar-refractivity contribution < 1.29 is 0 Å². The molecule has 1 aromatic heterocycles. The van der Waals surface area contributed by atoms with Crippen molar-refractivity contribution >= 4 is 11.6 Å². The molecule has 0 radical (unpaired) electrons. The molecule has 1 aromatic rings. The Hall–Kier alpha value is -1.11. The first-order valence-corrected chi connectivity index (χ1v) is 5.87. The highest BCUT2D eigenvalue weighted by Crippen LogP contribution is 2.29. The van der Waals surface area contributed by atoms with E-state index in [2.05, 4.69) is 16.9 Å². The SMILES string of the molecule is CN1CCCCC1c1ccc(C#N)c(Cl)n1. The second-order valence-corrected chi connectivity index (χ2v) is 4.54. The fourth-order valence-corrected chi connectivity index (χ4v) is 2.37. The highest BCUT2D eigenvalue weighted by atomic mass is 35.5. The van der Waals surface area contributed by atoms with E-state index < -0.39 is 0 Å². The minimum absolute atomic E-state index is 0.318. The first kappa shape index (κ1) is 11.4. The Kier molecular flexibility index (Phi) is 3.42. The summed E-state index contributed by atoms with van der Waals surface area (Å²) in [6.07, 6.45) is 3.59. The van der Waals surface area contributed by atoms with Crippen molar-refractivity contribution in [2.45, 2.75) is 25.3 Å².